The standard InChI is InChI=1S/C54H69N9O7/c1-33(2)27-43(49(57)65)59-51(67)44(28-34(3)4)61-54(70)47(31-39-32-58-42-21-12-11-19-40(39)42)63-53(69)46(29-35-15-7-5-8-16-35)62-52(68)45(60-50(66)41(56)20-13-14-26-55)30-36-22-24-38(25-23-36)48(64)37-17-9-6-10-18-37/h5-12,15-19,21-25,32-34,41,43-47,58H,13-14,20,26-31,55-56H2,1-4H3,(H2,57,65)(H,59,67)(H,60,66)(H,61,70)(H,62,68)(H,63,69)/t41-,43-,44-,45+,46-,47+/m0/s1. The Balaban J connectivity index is 1.46. The first-order valence-corrected chi connectivity index (χ1v) is 24.1. The van der Waals surface area contributed by atoms with Gasteiger partial charge in [0.25, 0.3) is 0 Å². The number of carbonyl (C=O) groups excluding carboxylic acids is 7. The molecule has 0 saturated carbocycles. The molecule has 0 radical (unpaired) electrons. The second-order valence-corrected chi connectivity index (χ2v) is 18.7. The van der Waals surface area contributed by atoms with Crippen LogP contribution in [0.4, 0.5) is 0 Å². The summed E-state index contributed by atoms with van der Waals surface area (Å²) in [5.41, 5.74) is 21.4. The van der Waals surface area contributed by atoms with E-state index in [1.54, 1.807) is 79.0 Å². The molecule has 0 saturated heterocycles. The molecule has 0 bridgehead atoms. The van der Waals surface area contributed by atoms with E-state index < -0.39 is 71.7 Å². The van der Waals surface area contributed by atoms with Gasteiger partial charge in [-0.15, -0.1) is 0 Å². The number of benzene rings is 4. The number of para-hydroxylation sites is 1. The molecule has 1 heterocycles. The van der Waals surface area contributed by atoms with Crippen molar-refractivity contribution < 1.29 is 33.6 Å². The second kappa shape index (κ2) is 26.5. The fourth-order valence-electron chi connectivity index (χ4n) is 8.21. The predicted molar refractivity (Wildman–Crippen MR) is 271 cm³/mol. The van der Waals surface area contributed by atoms with E-state index >= 15 is 0 Å². The van der Waals surface area contributed by atoms with Crippen molar-refractivity contribution in [1.82, 2.24) is 31.6 Å². The molecule has 16 heteroatoms. The van der Waals surface area contributed by atoms with Crippen molar-refractivity contribution in [3.8, 4) is 0 Å². The van der Waals surface area contributed by atoms with Crippen LogP contribution in [-0.4, -0.2) is 89.0 Å². The zero-order valence-electron chi connectivity index (χ0n) is 40.5. The second-order valence-electron chi connectivity index (χ2n) is 18.7. The van der Waals surface area contributed by atoms with Crippen molar-refractivity contribution >= 4 is 52.1 Å². The third-order valence-electron chi connectivity index (χ3n) is 12.0. The van der Waals surface area contributed by atoms with E-state index in [9.17, 15) is 33.6 Å². The number of ketones is 1. The Kier molecular flexibility index (Phi) is 20.4. The number of aromatic amines is 1. The lowest BCUT2D eigenvalue weighted by molar-refractivity contribution is -0.135. The first-order valence-electron chi connectivity index (χ1n) is 24.1. The number of unbranched alkanes of at least 4 members (excludes halogenated alkanes) is 1. The van der Waals surface area contributed by atoms with E-state index in [1.165, 1.54) is 0 Å². The van der Waals surface area contributed by atoms with Gasteiger partial charge in [0.05, 0.1) is 6.04 Å². The molecule has 0 aliphatic carbocycles. The number of nitrogens with one attached hydrogen (secondary N) is 6. The first-order chi connectivity index (χ1) is 33.5. The topological polar surface area (TPSA) is 273 Å². The number of aromatic nitrogens is 1. The minimum absolute atomic E-state index is 0.00185. The lowest BCUT2D eigenvalue weighted by atomic mass is 9.98. The highest BCUT2D eigenvalue weighted by molar-refractivity contribution is 6.09. The van der Waals surface area contributed by atoms with E-state index in [-0.39, 0.29) is 43.3 Å². The van der Waals surface area contributed by atoms with Gasteiger partial charge >= 0.3 is 0 Å². The van der Waals surface area contributed by atoms with Crippen molar-refractivity contribution in [1.29, 1.82) is 0 Å². The predicted octanol–water partition coefficient (Wildman–Crippen LogP) is 3.88. The molecule has 12 N–H and O–H groups in total. The van der Waals surface area contributed by atoms with Crippen molar-refractivity contribution in [2.24, 2.45) is 29.0 Å². The van der Waals surface area contributed by atoms with Gasteiger partial charge in [0.2, 0.25) is 35.4 Å². The molecule has 0 aliphatic heterocycles. The number of fused-ring (bicyclic) bond motifs is 1. The fourth-order valence-corrected chi connectivity index (χ4v) is 8.21. The number of rotatable bonds is 27. The van der Waals surface area contributed by atoms with Crippen LogP contribution in [0.3, 0.4) is 0 Å². The van der Waals surface area contributed by atoms with E-state index in [0.29, 0.717) is 60.0 Å². The monoisotopic (exact) mass is 956 g/mol. The van der Waals surface area contributed by atoms with Gasteiger partial charge in [0.1, 0.15) is 30.2 Å². The summed E-state index contributed by atoms with van der Waals surface area (Å²) in [5.74, 6) is -4.15. The highest BCUT2D eigenvalue weighted by atomic mass is 16.2. The Labute approximate surface area is 410 Å². The van der Waals surface area contributed by atoms with Gasteiger partial charge in [-0.05, 0) is 66.8 Å². The summed E-state index contributed by atoms with van der Waals surface area (Å²) in [6.07, 6.45) is 3.81. The third-order valence-corrected chi connectivity index (χ3v) is 12.0. The lowest BCUT2D eigenvalue weighted by Gasteiger charge is -2.28. The van der Waals surface area contributed by atoms with Crippen LogP contribution in [0.15, 0.2) is 115 Å². The Bertz CT molecular complexity index is 2530. The van der Waals surface area contributed by atoms with Crippen LogP contribution in [0.25, 0.3) is 10.9 Å². The number of nitrogens with two attached hydrogens (primary N) is 3. The number of amides is 6. The summed E-state index contributed by atoms with van der Waals surface area (Å²) in [6.45, 7) is 8.01. The van der Waals surface area contributed by atoms with Crippen molar-refractivity contribution in [2.45, 2.75) is 115 Å². The van der Waals surface area contributed by atoms with Crippen molar-refractivity contribution in [3.05, 3.63) is 143 Å². The van der Waals surface area contributed by atoms with E-state index in [0.717, 1.165) is 10.9 Å². The summed E-state index contributed by atoms with van der Waals surface area (Å²) in [6, 6.07) is 25.3. The molecule has 5 rings (SSSR count). The zero-order chi connectivity index (χ0) is 50.7. The van der Waals surface area contributed by atoms with Crippen LogP contribution in [0, 0.1) is 11.8 Å². The minimum atomic E-state index is -1.28. The average molecular weight is 956 g/mol. The maximum Gasteiger partial charge on any atom is 0.243 e. The van der Waals surface area contributed by atoms with Gasteiger partial charge in [0.15, 0.2) is 5.78 Å². The molecule has 6 amide bonds. The number of primary amides is 1. The van der Waals surface area contributed by atoms with Crippen LogP contribution >= 0.6 is 0 Å². The van der Waals surface area contributed by atoms with Crippen LogP contribution in [0.2, 0.25) is 0 Å². The molecule has 16 nitrogen and oxygen atoms in total. The number of hydrogen-bond acceptors (Lipinski definition) is 9. The number of H-pyrrole nitrogens is 1. The van der Waals surface area contributed by atoms with Crippen LogP contribution in [0.1, 0.15) is 92.4 Å². The summed E-state index contributed by atoms with van der Waals surface area (Å²) in [4.78, 5) is 100. The highest BCUT2D eigenvalue weighted by Crippen LogP contribution is 2.20. The lowest BCUT2D eigenvalue weighted by Crippen LogP contribution is -2.60. The third kappa shape index (κ3) is 16.2. The molecule has 4 aromatic carbocycles. The van der Waals surface area contributed by atoms with Crippen LogP contribution in [-0.2, 0) is 48.0 Å². The quantitative estimate of drug-likeness (QED) is 0.0273. The minimum Gasteiger partial charge on any atom is -0.368 e. The molecule has 6 atom stereocenters. The van der Waals surface area contributed by atoms with Gasteiger partial charge in [-0.1, -0.05) is 137 Å². The number of hydrogen-bond donors (Lipinski definition) is 9. The summed E-state index contributed by atoms with van der Waals surface area (Å²) in [5, 5.41) is 15.0. The molecule has 1 aromatic heterocycles. The van der Waals surface area contributed by atoms with Gasteiger partial charge in [-0.2, -0.15) is 0 Å². The van der Waals surface area contributed by atoms with Crippen molar-refractivity contribution in [2.75, 3.05) is 6.54 Å². The van der Waals surface area contributed by atoms with Gasteiger partial charge < -0.3 is 48.8 Å². The fraction of sp³-hybridized carbons (Fsp3) is 0.389. The Morgan fingerprint density at radius 3 is 1.54 bits per heavy atom. The largest absolute Gasteiger partial charge is 0.368 e. The maximum absolute atomic E-state index is 14.8. The molecular weight excluding hydrogens is 887 g/mol. The Morgan fingerprint density at radius 1 is 0.514 bits per heavy atom. The Morgan fingerprint density at radius 2 is 0.971 bits per heavy atom. The van der Waals surface area contributed by atoms with Crippen molar-refractivity contribution in [3.63, 3.8) is 0 Å². The smallest absolute Gasteiger partial charge is 0.243 e. The normalized spacial score (nSPS) is 13.9. The summed E-state index contributed by atoms with van der Waals surface area (Å²) in [7, 11) is 0. The van der Waals surface area contributed by atoms with Gasteiger partial charge in [-0.25, -0.2) is 0 Å². The molecular formula is C54H69N9O7. The Hall–Kier alpha value is -7.17. The molecule has 0 unspecified atom stereocenters. The maximum atomic E-state index is 14.8. The SMILES string of the molecule is CC(C)C[C@H](NC(=O)[C@H](CC(C)C)NC(=O)[C@@H](Cc1c[nH]c2ccccc12)NC(=O)[C@H](Cc1ccccc1)NC(=O)[C@@H](Cc1ccc(C(=O)c2ccccc2)cc1)NC(=O)[C@@H](N)CCCCN)C(N)=O. The van der Waals surface area contributed by atoms with E-state index in [2.05, 4.69) is 31.6 Å². The molecule has 372 valence electrons. The van der Waals surface area contributed by atoms with Gasteiger partial charge in [0, 0.05) is 47.5 Å². The van der Waals surface area contributed by atoms with Crippen LogP contribution < -0.4 is 43.8 Å². The van der Waals surface area contributed by atoms with Gasteiger partial charge in [-0.3, -0.25) is 33.6 Å². The van der Waals surface area contributed by atoms with Crippen LogP contribution in [0.5, 0.6) is 0 Å². The van der Waals surface area contributed by atoms with E-state index in [1.807, 2.05) is 64.1 Å². The summed E-state index contributed by atoms with van der Waals surface area (Å²) >= 11 is 0. The summed E-state index contributed by atoms with van der Waals surface area (Å²) < 4.78 is 0. The molecule has 5 aromatic rings. The first kappa shape index (κ1) is 53.8. The molecule has 70 heavy (non-hydrogen) atoms. The molecule has 0 fully saturated rings. The number of carbonyl (C=O) groups is 7. The zero-order valence-corrected chi connectivity index (χ0v) is 40.5. The highest BCUT2D eigenvalue weighted by Gasteiger charge is 2.34. The molecule has 0 spiro atoms. The average Bonchev–Trinajstić information content (AvgIpc) is 3.75. The van der Waals surface area contributed by atoms with E-state index in [4.69, 9.17) is 17.2 Å². The molecule has 0 aliphatic rings.